The van der Waals surface area contributed by atoms with Gasteiger partial charge in [0, 0.05) is 46.5 Å². The third-order valence-electron chi connectivity index (χ3n) is 13.3. The molecule has 7 nitrogen and oxygen atoms in total. The molecule has 0 aliphatic heterocycles. The van der Waals surface area contributed by atoms with Gasteiger partial charge in [0.25, 0.3) is 0 Å². The van der Waals surface area contributed by atoms with Crippen molar-refractivity contribution >= 4 is 5.97 Å². The summed E-state index contributed by atoms with van der Waals surface area (Å²) in [6.45, 7) is 10.0. The number of nitrogens with zero attached hydrogens (tertiary/aromatic N) is 1. The van der Waals surface area contributed by atoms with Crippen LogP contribution in [0.15, 0.2) is 36.5 Å². The van der Waals surface area contributed by atoms with E-state index in [2.05, 4.69) is 57.2 Å². The summed E-state index contributed by atoms with van der Waals surface area (Å²) < 4.78 is 16.4. The Balaban J connectivity index is -0.00000104. The lowest BCUT2D eigenvalue weighted by Gasteiger charge is -2.16. The molecular weight excluding hydrogens is 879 g/mol. The summed E-state index contributed by atoms with van der Waals surface area (Å²) in [6, 6.07) is 0. The molecule has 1 unspecified atom stereocenters. The highest BCUT2D eigenvalue weighted by Crippen LogP contribution is 2.13. The van der Waals surface area contributed by atoms with Crippen LogP contribution in [0.5, 0.6) is 0 Å². The van der Waals surface area contributed by atoms with E-state index in [-0.39, 0.29) is 12.1 Å². The Kier molecular flexibility index (Phi) is 73.3. The number of unbranched alkanes of at least 4 members (excludes halogenated alkanes) is 36. The predicted molar refractivity (Wildman–Crippen MR) is 313 cm³/mol. The molecule has 0 saturated heterocycles. The topological polar surface area (TPSA) is 88.5 Å². The summed E-state index contributed by atoms with van der Waals surface area (Å²) in [4.78, 5) is 13.7. The molecule has 0 spiro atoms. The van der Waals surface area contributed by atoms with Gasteiger partial charge in [-0.15, -0.1) is 0 Å². The molecule has 0 aromatic carbocycles. The van der Waals surface area contributed by atoms with Crippen molar-refractivity contribution in [3.63, 3.8) is 0 Å². The molecule has 0 aliphatic rings. The van der Waals surface area contributed by atoms with Crippen LogP contribution in [-0.4, -0.2) is 88.0 Å². The van der Waals surface area contributed by atoms with Crippen LogP contribution in [0.4, 0.5) is 0 Å². The van der Waals surface area contributed by atoms with E-state index in [4.69, 9.17) is 24.4 Å². The Hall–Kier alpha value is -1.51. The number of allylic oxidation sites excluding steroid dienone is 6. The molecule has 0 radical (unpaired) electrons. The van der Waals surface area contributed by atoms with Crippen LogP contribution in [0, 0.1) is 0 Å². The predicted octanol–water partition coefficient (Wildman–Crippen LogP) is 19.0. The van der Waals surface area contributed by atoms with E-state index in [1.54, 1.807) is 7.11 Å². The molecule has 0 heterocycles. The van der Waals surface area contributed by atoms with Gasteiger partial charge in [0.2, 0.25) is 0 Å². The number of hydrogen-bond donors (Lipinski definition) is 2. The number of aliphatic hydroxyl groups is 2. The maximum atomic E-state index is 11.7. The molecule has 7 heteroatoms. The van der Waals surface area contributed by atoms with E-state index in [0.29, 0.717) is 39.4 Å². The maximum Gasteiger partial charge on any atom is 0.307 e. The third-order valence-corrected chi connectivity index (χ3v) is 13.3. The average molecular weight is 1010 g/mol. The number of methoxy groups -OCH3 is 1. The standard InChI is InChI=1S/C28H55NO4.2C18H36O/c1-5-6-7-8-9-10-11-12-13-14-15-16-17-18-19-20-24-32-25-22-27(31-4)26-33-28(30)21-23-29(2)3;2*1-2-3-4-5-6-7-8-9-10-11-12-13-14-15-16-17-18-19/h12-13,27H,5-11,14-26H2,1-4H3;2*9-10,19H,2-8,11-18H2,1H3/b13-12-;2*10-9-. The molecule has 0 bridgehead atoms. The number of carbonyl (C=O) groups is 1. The van der Waals surface area contributed by atoms with Gasteiger partial charge in [-0.25, -0.2) is 0 Å². The van der Waals surface area contributed by atoms with Crippen LogP contribution in [0.2, 0.25) is 0 Å². The van der Waals surface area contributed by atoms with E-state index in [1.807, 2.05) is 19.0 Å². The average Bonchev–Trinajstić information content (AvgIpc) is 3.37. The van der Waals surface area contributed by atoms with Crippen molar-refractivity contribution in [2.24, 2.45) is 0 Å². The van der Waals surface area contributed by atoms with Gasteiger partial charge in [-0.05, 0) is 110 Å². The van der Waals surface area contributed by atoms with Crippen LogP contribution in [0.1, 0.15) is 303 Å². The lowest BCUT2D eigenvalue weighted by Crippen LogP contribution is -2.24. The Labute approximate surface area is 445 Å². The molecule has 424 valence electrons. The lowest BCUT2D eigenvalue weighted by atomic mass is 10.1. The number of carbonyl (C=O) groups excluding carboxylic acids is 1. The summed E-state index contributed by atoms with van der Waals surface area (Å²) in [7, 11) is 5.54. The van der Waals surface area contributed by atoms with Crippen LogP contribution in [0.3, 0.4) is 0 Å². The number of aliphatic hydroxyl groups excluding tert-OH is 2. The van der Waals surface area contributed by atoms with E-state index in [9.17, 15) is 4.79 Å². The van der Waals surface area contributed by atoms with Crippen LogP contribution < -0.4 is 0 Å². The third kappa shape index (κ3) is 75.1. The van der Waals surface area contributed by atoms with Crippen molar-refractivity contribution in [3.05, 3.63) is 36.5 Å². The molecule has 0 rings (SSSR count). The monoisotopic (exact) mass is 1010 g/mol. The van der Waals surface area contributed by atoms with Gasteiger partial charge in [0.1, 0.15) is 6.61 Å². The van der Waals surface area contributed by atoms with Crippen molar-refractivity contribution < 1.29 is 29.2 Å². The van der Waals surface area contributed by atoms with Gasteiger partial charge >= 0.3 is 5.97 Å². The SMILES string of the molecule is CCCCCCCC/C=C\CCCCCCCCO.CCCCCCCC/C=C\CCCCCCCCO.CCCCCCCC/C=C\CCCCCCCCOCCC(COC(=O)CCN(C)C)OC. The Bertz CT molecular complexity index is 991. The Morgan fingerprint density at radius 1 is 0.423 bits per heavy atom. The molecule has 1 atom stereocenters. The molecule has 0 saturated carbocycles. The van der Waals surface area contributed by atoms with Gasteiger partial charge in [0.05, 0.1) is 12.5 Å². The second-order valence-corrected chi connectivity index (χ2v) is 20.8. The van der Waals surface area contributed by atoms with Crippen LogP contribution in [-0.2, 0) is 19.0 Å². The fraction of sp³-hybridized carbons (Fsp3) is 0.891. The van der Waals surface area contributed by atoms with Crippen molar-refractivity contribution in [1.29, 1.82) is 0 Å². The molecule has 0 amide bonds. The molecule has 0 aromatic rings. The quantitative estimate of drug-likeness (QED) is 0.0356. The normalized spacial score (nSPS) is 12.0. The molecular formula is C64H127NO6. The zero-order valence-corrected chi connectivity index (χ0v) is 48.9. The second-order valence-electron chi connectivity index (χ2n) is 20.8. The fourth-order valence-corrected chi connectivity index (χ4v) is 8.33. The highest BCUT2D eigenvalue weighted by atomic mass is 16.6. The van der Waals surface area contributed by atoms with Crippen molar-refractivity contribution in [2.45, 2.75) is 309 Å². The van der Waals surface area contributed by atoms with Crippen molar-refractivity contribution in [1.82, 2.24) is 4.90 Å². The minimum absolute atomic E-state index is 0.0897. The van der Waals surface area contributed by atoms with E-state index >= 15 is 0 Å². The Morgan fingerprint density at radius 3 is 1.01 bits per heavy atom. The van der Waals surface area contributed by atoms with Gasteiger partial charge < -0.3 is 29.3 Å². The van der Waals surface area contributed by atoms with Crippen LogP contribution >= 0.6 is 0 Å². The van der Waals surface area contributed by atoms with Gasteiger partial charge in [-0.1, -0.05) is 231 Å². The maximum absolute atomic E-state index is 11.7. The highest BCUT2D eigenvalue weighted by molar-refractivity contribution is 5.69. The molecule has 0 aromatic heterocycles. The van der Waals surface area contributed by atoms with E-state index in [1.165, 1.54) is 250 Å². The first-order valence-electron chi connectivity index (χ1n) is 31.0. The summed E-state index contributed by atoms with van der Waals surface area (Å²) >= 11 is 0. The van der Waals surface area contributed by atoms with Gasteiger partial charge in [-0.2, -0.15) is 0 Å². The summed E-state index contributed by atoms with van der Waals surface area (Å²) in [6.07, 6.45) is 70.7. The fourth-order valence-electron chi connectivity index (χ4n) is 8.33. The minimum Gasteiger partial charge on any atom is -0.463 e. The number of rotatable bonds is 55. The minimum atomic E-state index is -0.171. The largest absolute Gasteiger partial charge is 0.463 e. The zero-order chi connectivity index (χ0) is 52.5. The number of ether oxygens (including phenoxy) is 3. The molecule has 71 heavy (non-hydrogen) atoms. The lowest BCUT2D eigenvalue weighted by molar-refractivity contribution is -0.148. The summed E-state index contributed by atoms with van der Waals surface area (Å²) in [5, 5.41) is 17.3. The van der Waals surface area contributed by atoms with Crippen LogP contribution in [0.25, 0.3) is 0 Å². The van der Waals surface area contributed by atoms with Gasteiger partial charge in [0.15, 0.2) is 0 Å². The molecule has 2 N–H and O–H groups in total. The number of hydrogen-bond acceptors (Lipinski definition) is 7. The molecule has 0 fully saturated rings. The zero-order valence-electron chi connectivity index (χ0n) is 48.9. The van der Waals surface area contributed by atoms with E-state index < -0.39 is 0 Å². The molecule has 0 aliphatic carbocycles. The Morgan fingerprint density at radius 2 is 0.718 bits per heavy atom. The van der Waals surface area contributed by atoms with Gasteiger partial charge in [-0.3, -0.25) is 4.79 Å². The first-order valence-corrected chi connectivity index (χ1v) is 31.0. The number of esters is 1. The first-order chi connectivity index (χ1) is 34.9. The summed E-state index contributed by atoms with van der Waals surface area (Å²) in [5.74, 6) is -0.171. The smallest absolute Gasteiger partial charge is 0.307 e. The second kappa shape index (κ2) is 70.6. The summed E-state index contributed by atoms with van der Waals surface area (Å²) in [5.41, 5.74) is 0. The first kappa shape index (κ1) is 73.7. The highest BCUT2D eigenvalue weighted by Gasteiger charge is 2.11. The van der Waals surface area contributed by atoms with E-state index in [0.717, 1.165) is 32.3 Å². The van der Waals surface area contributed by atoms with Crippen molar-refractivity contribution in [3.8, 4) is 0 Å². The van der Waals surface area contributed by atoms with Crippen molar-refractivity contribution in [2.75, 3.05) is 60.8 Å².